The third kappa shape index (κ3) is 5.51. The van der Waals surface area contributed by atoms with Crippen LogP contribution >= 0.6 is 0 Å². The number of methoxy groups -OCH3 is 1. The normalized spacial score (nSPS) is 10.2. The molecule has 0 spiro atoms. The molecule has 0 aliphatic carbocycles. The Hall–Kier alpha value is -3.48. The third-order valence-electron chi connectivity index (χ3n) is 3.83. The van der Waals surface area contributed by atoms with Gasteiger partial charge in [0.15, 0.2) is 0 Å². The second-order valence-corrected chi connectivity index (χ2v) is 5.77. The predicted octanol–water partition coefficient (Wildman–Crippen LogP) is 4.12. The summed E-state index contributed by atoms with van der Waals surface area (Å²) in [5, 5.41) is 6.43. The Morgan fingerprint density at radius 3 is 2.50 bits per heavy atom. The summed E-state index contributed by atoms with van der Waals surface area (Å²) in [5.41, 5.74) is 0.823. The number of para-hydroxylation sites is 2. The number of hydrogen-bond acceptors (Lipinski definition) is 7. The fourth-order valence-electron chi connectivity index (χ4n) is 2.51. The van der Waals surface area contributed by atoms with Crippen molar-refractivity contribution in [3.05, 3.63) is 60.8 Å². The van der Waals surface area contributed by atoms with Gasteiger partial charge in [0.2, 0.25) is 5.95 Å². The van der Waals surface area contributed by atoms with E-state index in [1.54, 1.807) is 13.3 Å². The minimum atomic E-state index is 0.494. The molecule has 7 heteroatoms. The first-order valence-electron chi connectivity index (χ1n) is 9.11. The van der Waals surface area contributed by atoms with E-state index >= 15 is 0 Å². The van der Waals surface area contributed by atoms with Gasteiger partial charge in [-0.15, -0.1) is 0 Å². The highest BCUT2D eigenvalue weighted by molar-refractivity contribution is 5.62. The smallest absolute Gasteiger partial charge is 0.229 e. The van der Waals surface area contributed by atoms with Gasteiger partial charge in [0.25, 0.3) is 0 Å². The first-order chi connectivity index (χ1) is 13.8. The fourth-order valence-corrected chi connectivity index (χ4v) is 2.51. The molecule has 146 valence electrons. The third-order valence-corrected chi connectivity index (χ3v) is 3.83. The number of nitrogens with zero attached hydrogens (tertiary/aromatic N) is 2. The topological polar surface area (TPSA) is 77.5 Å². The zero-order valence-electron chi connectivity index (χ0n) is 16.0. The molecule has 3 rings (SSSR count). The van der Waals surface area contributed by atoms with Crippen molar-refractivity contribution in [3.8, 4) is 17.2 Å². The fraction of sp³-hybridized carbons (Fsp3) is 0.238. The SMILES string of the molecule is CCOc1ccccc1Nc1nccc(NCCOc2ccc(OC)cc2)n1. The van der Waals surface area contributed by atoms with E-state index in [0.29, 0.717) is 31.5 Å². The molecule has 0 aliphatic rings. The quantitative estimate of drug-likeness (QED) is 0.512. The second-order valence-electron chi connectivity index (χ2n) is 5.77. The van der Waals surface area contributed by atoms with Crippen LogP contribution in [0.25, 0.3) is 0 Å². The van der Waals surface area contributed by atoms with E-state index < -0.39 is 0 Å². The minimum absolute atomic E-state index is 0.494. The summed E-state index contributed by atoms with van der Waals surface area (Å²) in [5.74, 6) is 3.57. The number of aromatic nitrogens is 2. The van der Waals surface area contributed by atoms with Crippen LogP contribution in [-0.4, -0.2) is 36.8 Å². The standard InChI is InChI=1S/C21H24N4O3/c1-3-27-19-7-5-4-6-18(19)24-21-23-13-12-20(25-21)22-14-15-28-17-10-8-16(26-2)9-11-17/h4-13H,3,14-15H2,1-2H3,(H2,22,23,24,25). The lowest BCUT2D eigenvalue weighted by molar-refractivity contribution is 0.331. The average molecular weight is 380 g/mol. The van der Waals surface area contributed by atoms with Crippen LogP contribution in [0.15, 0.2) is 60.8 Å². The zero-order chi connectivity index (χ0) is 19.6. The number of ether oxygens (including phenoxy) is 3. The van der Waals surface area contributed by atoms with Crippen molar-refractivity contribution in [2.75, 3.05) is 37.5 Å². The van der Waals surface area contributed by atoms with Crippen molar-refractivity contribution in [1.82, 2.24) is 9.97 Å². The summed E-state index contributed by atoms with van der Waals surface area (Å²) in [7, 11) is 1.64. The molecule has 3 aromatic rings. The van der Waals surface area contributed by atoms with Crippen LogP contribution < -0.4 is 24.8 Å². The van der Waals surface area contributed by atoms with Gasteiger partial charge in [-0.3, -0.25) is 0 Å². The van der Waals surface area contributed by atoms with Crippen molar-refractivity contribution in [1.29, 1.82) is 0 Å². The molecule has 1 aromatic heterocycles. The summed E-state index contributed by atoms with van der Waals surface area (Å²) >= 11 is 0. The predicted molar refractivity (Wildman–Crippen MR) is 110 cm³/mol. The van der Waals surface area contributed by atoms with Crippen LogP contribution in [0, 0.1) is 0 Å². The number of nitrogens with one attached hydrogen (secondary N) is 2. The molecule has 0 unspecified atom stereocenters. The monoisotopic (exact) mass is 380 g/mol. The molecule has 0 amide bonds. The Morgan fingerprint density at radius 1 is 0.929 bits per heavy atom. The summed E-state index contributed by atoms with van der Waals surface area (Å²) < 4.78 is 16.5. The van der Waals surface area contributed by atoms with Crippen LogP contribution in [0.2, 0.25) is 0 Å². The average Bonchev–Trinajstić information content (AvgIpc) is 2.74. The van der Waals surface area contributed by atoms with Gasteiger partial charge in [-0.25, -0.2) is 4.98 Å². The molecule has 0 saturated carbocycles. The molecule has 2 N–H and O–H groups in total. The van der Waals surface area contributed by atoms with Crippen molar-refractivity contribution < 1.29 is 14.2 Å². The Balaban J connectivity index is 1.52. The molecule has 28 heavy (non-hydrogen) atoms. The summed E-state index contributed by atoms with van der Waals surface area (Å²) in [6.45, 7) is 3.66. The number of rotatable bonds is 10. The van der Waals surface area contributed by atoms with Gasteiger partial charge in [-0.05, 0) is 49.4 Å². The Labute approximate surface area is 164 Å². The largest absolute Gasteiger partial charge is 0.497 e. The molecule has 2 aromatic carbocycles. The van der Waals surface area contributed by atoms with E-state index in [2.05, 4.69) is 20.6 Å². The van der Waals surface area contributed by atoms with Gasteiger partial charge < -0.3 is 24.8 Å². The number of anilines is 3. The van der Waals surface area contributed by atoms with Crippen LogP contribution in [-0.2, 0) is 0 Å². The zero-order valence-corrected chi connectivity index (χ0v) is 16.0. The molecular weight excluding hydrogens is 356 g/mol. The first-order valence-corrected chi connectivity index (χ1v) is 9.11. The maximum atomic E-state index is 5.70. The van der Waals surface area contributed by atoms with Gasteiger partial charge in [0.1, 0.15) is 29.7 Å². The highest BCUT2D eigenvalue weighted by Gasteiger charge is 2.05. The molecule has 0 saturated heterocycles. The first kappa shape index (κ1) is 19.3. The molecule has 0 fully saturated rings. The van der Waals surface area contributed by atoms with Crippen LogP contribution in [0.5, 0.6) is 17.2 Å². The van der Waals surface area contributed by atoms with Crippen LogP contribution in [0.1, 0.15) is 6.92 Å². The van der Waals surface area contributed by atoms with Crippen molar-refractivity contribution in [2.45, 2.75) is 6.92 Å². The summed E-state index contributed by atoms with van der Waals surface area (Å²) in [4.78, 5) is 8.74. The molecular formula is C21H24N4O3. The lowest BCUT2D eigenvalue weighted by Crippen LogP contribution is -2.13. The van der Waals surface area contributed by atoms with Gasteiger partial charge in [-0.2, -0.15) is 4.98 Å². The lowest BCUT2D eigenvalue weighted by atomic mass is 10.3. The summed E-state index contributed by atoms with van der Waals surface area (Å²) in [6.07, 6.45) is 1.70. The van der Waals surface area contributed by atoms with E-state index in [1.165, 1.54) is 0 Å². The maximum absolute atomic E-state index is 5.70. The van der Waals surface area contributed by atoms with Gasteiger partial charge in [-0.1, -0.05) is 12.1 Å². The molecule has 0 radical (unpaired) electrons. The lowest BCUT2D eigenvalue weighted by Gasteiger charge is -2.12. The second kappa shape index (κ2) is 10.0. The number of benzene rings is 2. The van der Waals surface area contributed by atoms with E-state index in [-0.39, 0.29) is 0 Å². The van der Waals surface area contributed by atoms with Crippen molar-refractivity contribution >= 4 is 17.5 Å². The number of hydrogen-bond donors (Lipinski definition) is 2. The van der Waals surface area contributed by atoms with Crippen LogP contribution in [0.3, 0.4) is 0 Å². The highest BCUT2D eigenvalue weighted by Crippen LogP contribution is 2.26. The van der Waals surface area contributed by atoms with Crippen LogP contribution in [0.4, 0.5) is 17.5 Å². The molecule has 0 aliphatic heterocycles. The van der Waals surface area contributed by atoms with E-state index in [4.69, 9.17) is 14.2 Å². The van der Waals surface area contributed by atoms with E-state index in [9.17, 15) is 0 Å². The Bertz CT molecular complexity index is 872. The van der Waals surface area contributed by atoms with Gasteiger partial charge in [0.05, 0.1) is 25.9 Å². The van der Waals surface area contributed by atoms with E-state index in [0.717, 1.165) is 22.9 Å². The highest BCUT2D eigenvalue weighted by atomic mass is 16.5. The van der Waals surface area contributed by atoms with Crippen molar-refractivity contribution in [2.24, 2.45) is 0 Å². The molecule has 1 heterocycles. The molecule has 0 bridgehead atoms. The Kier molecular flexibility index (Phi) is 6.89. The van der Waals surface area contributed by atoms with Crippen molar-refractivity contribution in [3.63, 3.8) is 0 Å². The summed E-state index contributed by atoms with van der Waals surface area (Å²) in [6, 6.07) is 17.0. The molecule has 0 atom stereocenters. The van der Waals surface area contributed by atoms with Gasteiger partial charge in [0, 0.05) is 6.20 Å². The minimum Gasteiger partial charge on any atom is -0.497 e. The maximum Gasteiger partial charge on any atom is 0.229 e. The van der Waals surface area contributed by atoms with E-state index in [1.807, 2.05) is 61.5 Å². The van der Waals surface area contributed by atoms with Gasteiger partial charge >= 0.3 is 0 Å². The molecule has 7 nitrogen and oxygen atoms in total. The Morgan fingerprint density at radius 2 is 1.71 bits per heavy atom.